The summed E-state index contributed by atoms with van der Waals surface area (Å²) in [5.41, 5.74) is 1.55. The van der Waals surface area contributed by atoms with Gasteiger partial charge in [0.1, 0.15) is 18.3 Å². The Morgan fingerprint density at radius 1 is 0.806 bits per heavy atom. The van der Waals surface area contributed by atoms with Crippen molar-refractivity contribution in [2.45, 2.75) is 22.0 Å². The molecule has 0 fully saturated rings. The van der Waals surface area contributed by atoms with E-state index in [1.54, 1.807) is 24.4 Å². The summed E-state index contributed by atoms with van der Waals surface area (Å²) < 4.78 is 21.9. The van der Waals surface area contributed by atoms with Gasteiger partial charge in [-0.05, 0) is 29.8 Å². The van der Waals surface area contributed by atoms with E-state index in [-0.39, 0.29) is 11.0 Å². The Balaban J connectivity index is 0.000000176. The average molecular weight is 536 g/mol. The molecule has 5 nitrogen and oxygen atoms in total. The molecule has 0 N–H and O–H groups in total. The number of rotatable bonds is 6. The van der Waals surface area contributed by atoms with Gasteiger partial charge in [0.05, 0.1) is 23.6 Å². The predicted molar refractivity (Wildman–Crippen MR) is 126 cm³/mol. The van der Waals surface area contributed by atoms with E-state index in [1.807, 2.05) is 18.2 Å². The SMILES string of the molecule is Clc1cccc(Cl)c1CSc1ncco1.[O-][S+](Cc1c(Cl)cccc1Cl)c1ncco1. The van der Waals surface area contributed by atoms with Gasteiger partial charge in [-0.3, -0.25) is 0 Å². The van der Waals surface area contributed by atoms with Crippen molar-refractivity contribution in [3.05, 3.63) is 92.5 Å². The lowest BCUT2D eigenvalue weighted by atomic mass is 10.2. The first-order valence-electron chi connectivity index (χ1n) is 8.61. The molecule has 0 amide bonds. The van der Waals surface area contributed by atoms with Gasteiger partial charge in [-0.25, -0.2) is 4.98 Å². The molecule has 1 atom stereocenters. The van der Waals surface area contributed by atoms with Crippen LogP contribution in [0.4, 0.5) is 0 Å². The zero-order valence-corrected chi connectivity index (χ0v) is 20.3. The molecule has 4 aromatic rings. The Morgan fingerprint density at radius 3 is 1.87 bits per heavy atom. The van der Waals surface area contributed by atoms with Gasteiger partial charge in [-0.2, -0.15) is 4.98 Å². The number of oxazole rings is 2. The van der Waals surface area contributed by atoms with Crippen molar-refractivity contribution in [1.82, 2.24) is 9.97 Å². The van der Waals surface area contributed by atoms with E-state index >= 15 is 0 Å². The Morgan fingerprint density at radius 2 is 1.35 bits per heavy atom. The van der Waals surface area contributed by atoms with Gasteiger partial charge in [-0.15, -0.1) is 0 Å². The number of hydrogen-bond acceptors (Lipinski definition) is 6. The first kappa shape index (κ1) is 24.3. The van der Waals surface area contributed by atoms with E-state index < -0.39 is 11.2 Å². The molecular formula is C20H14Cl4N2O3S2. The van der Waals surface area contributed by atoms with E-state index in [2.05, 4.69) is 9.97 Å². The van der Waals surface area contributed by atoms with Crippen LogP contribution >= 0.6 is 58.2 Å². The Hall–Kier alpha value is -1.32. The molecular weight excluding hydrogens is 522 g/mol. The minimum absolute atomic E-state index is 0.177. The van der Waals surface area contributed by atoms with Crippen molar-refractivity contribution in [1.29, 1.82) is 0 Å². The summed E-state index contributed by atoms with van der Waals surface area (Å²) in [6.45, 7) is 0. The highest BCUT2D eigenvalue weighted by Crippen LogP contribution is 2.31. The van der Waals surface area contributed by atoms with Crippen LogP contribution in [0, 0.1) is 0 Å². The fraction of sp³-hybridized carbons (Fsp3) is 0.100. The zero-order chi connectivity index (χ0) is 22.2. The van der Waals surface area contributed by atoms with Crippen LogP contribution in [0.5, 0.6) is 0 Å². The summed E-state index contributed by atoms with van der Waals surface area (Å²) >= 11 is 24.1. The maximum Gasteiger partial charge on any atom is 0.415 e. The summed E-state index contributed by atoms with van der Waals surface area (Å²) in [5.74, 6) is 0.845. The van der Waals surface area contributed by atoms with E-state index in [9.17, 15) is 4.55 Å². The average Bonchev–Trinajstić information content (AvgIpc) is 3.45. The van der Waals surface area contributed by atoms with Crippen LogP contribution in [0.3, 0.4) is 0 Å². The molecule has 0 aliphatic heterocycles. The molecule has 2 aromatic carbocycles. The lowest BCUT2D eigenvalue weighted by Crippen LogP contribution is -2.06. The maximum atomic E-state index is 11.8. The van der Waals surface area contributed by atoms with Crippen molar-refractivity contribution in [2.24, 2.45) is 0 Å². The molecule has 0 saturated heterocycles. The Labute approximate surface area is 206 Å². The molecule has 11 heteroatoms. The largest absolute Gasteiger partial charge is 0.607 e. The van der Waals surface area contributed by atoms with Gasteiger partial charge in [0.25, 0.3) is 5.22 Å². The van der Waals surface area contributed by atoms with Gasteiger partial charge in [0, 0.05) is 31.4 Å². The monoisotopic (exact) mass is 534 g/mol. The number of hydrogen-bond donors (Lipinski definition) is 0. The van der Waals surface area contributed by atoms with Crippen LogP contribution < -0.4 is 0 Å². The lowest BCUT2D eigenvalue weighted by molar-refractivity contribution is 0.429. The lowest BCUT2D eigenvalue weighted by Gasteiger charge is -2.08. The normalized spacial score (nSPS) is 11.6. The third-order valence-electron chi connectivity index (χ3n) is 3.75. The van der Waals surface area contributed by atoms with E-state index in [4.69, 9.17) is 55.2 Å². The highest BCUT2D eigenvalue weighted by molar-refractivity contribution is 7.98. The first-order valence-corrected chi connectivity index (χ1v) is 12.4. The minimum Gasteiger partial charge on any atom is -0.607 e. The maximum absolute atomic E-state index is 11.8. The highest BCUT2D eigenvalue weighted by Gasteiger charge is 2.20. The van der Waals surface area contributed by atoms with Gasteiger partial charge in [0.2, 0.25) is 0 Å². The predicted octanol–water partition coefficient (Wildman–Crippen LogP) is 7.56. The van der Waals surface area contributed by atoms with Gasteiger partial charge in [-0.1, -0.05) is 70.3 Å². The quantitative estimate of drug-likeness (QED) is 0.187. The third-order valence-corrected chi connectivity index (χ3v) is 7.19. The van der Waals surface area contributed by atoms with Crippen LogP contribution in [0.2, 0.25) is 20.1 Å². The standard InChI is InChI=1S/C10H7Cl2NO2S.C10H7Cl2NOS/c11-8-2-1-3-9(12)7(8)6-16(14)10-13-4-5-15-10;11-8-2-1-3-9(12)7(8)6-15-10-13-4-5-14-10/h1-5H,6H2;1-5H,6H2. The fourth-order valence-corrected chi connectivity index (χ4v) is 5.53. The molecule has 2 aromatic heterocycles. The summed E-state index contributed by atoms with van der Waals surface area (Å²) in [7, 11) is 0. The molecule has 0 spiro atoms. The van der Waals surface area contributed by atoms with Crippen molar-refractivity contribution >= 4 is 69.3 Å². The van der Waals surface area contributed by atoms with Crippen LogP contribution in [0.15, 0.2) is 80.6 Å². The van der Waals surface area contributed by atoms with E-state index in [0.29, 0.717) is 36.6 Å². The van der Waals surface area contributed by atoms with E-state index in [1.165, 1.54) is 30.5 Å². The highest BCUT2D eigenvalue weighted by atomic mass is 35.5. The number of nitrogens with zero attached hydrogens (tertiary/aromatic N) is 2. The van der Waals surface area contributed by atoms with Crippen molar-refractivity contribution in [3.8, 4) is 0 Å². The van der Waals surface area contributed by atoms with Crippen LogP contribution in [0.25, 0.3) is 0 Å². The number of aromatic nitrogens is 2. The number of thioether (sulfide) groups is 1. The molecule has 2 heterocycles. The molecule has 0 saturated carbocycles. The van der Waals surface area contributed by atoms with Crippen LogP contribution in [-0.4, -0.2) is 14.5 Å². The van der Waals surface area contributed by atoms with Crippen molar-refractivity contribution in [3.63, 3.8) is 0 Å². The zero-order valence-electron chi connectivity index (χ0n) is 15.6. The Bertz CT molecular complexity index is 1060. The molecule has 1 unspecified atom stereocenters. The second-order valence-electron chi connectivity index (χ2n) is 5.77. The molecule has 0 radical (unpaired) electrons. The second-order valence-corrected chi connectivity index (χ2v) is 9.66. The number of halogens is 4. The van der Waals surface area contributed by atoms with Crippen molar-refractivity contribution < 1.29 is 13.4 Å². The first-order chi connectivity index (χ1) is 15.0. The molecule has 162 valence electrons. The molecule has 0 aliphatic rings. The molecule has 4 rings (SSSR count). The molecule has 0 aliphatic carbocycles. The summed E-state index contributed by atoms with van der Waals surface area (Å²) in [6.07, 6.45) is 5.97. The van der Waals surface area contributed by atoms with Crippen LogP contribution in [-0.2, 0) is 22.7 Å². The van der Waals surface area contributed by atoms with Gasteiger partial charge in [0.15, 0.2) is 0 Å². The summed E-state index contributed by atoms with van der Waals surface area (Å²) in [6, 6.07) is 10.6. The summed E-state index contributed by atoms with van der Waals surface area (Å²) in [4.78, 5) is 7.82. The summed E-state index contributed by atoms with van der Waals surface area (Å²) in [5, 5.41) is 3.12. The molecule has 0 bridgehead atoms. The van der Waals surface area contributed by atoms with E-state index in [0.717, 1.165) is 5.56 Å². The minimum atomic E-state index is -1.37. The van der Waals surface area contributed by atoms with Gasteiger partial charge >= 0.3 is 5.22 Å². The third kappa shape index (κ3) is 7.08. The van der Waals surface area contributed by atoms with Crippen LogP contribution in [0.1, 0.15) is 11.1 Å². The molecule has 31 heavy (non-hydrogen) atoms. The topological polar surface area (TPSA) is 75.1 Å². The number of benzene rings is 2. The fourth-order valence-electron chi connectivity index (χ4n) is 2.27. The Kier molecular flexibility index (Phi) is 9.47. The van der Waals surface area contributed by atoms with Gasteiger partial charge < -0.3 is 13.4 Å². The second kappa shape index (κ2) is 12.1. The smallest absolute Gasteiger partial charge is 0.415 e. The van der Waals surface area contributed by atoms with Crippen molar-refractivity contribution in [2.75, 3.05) is 0 Å².